The van der Waals surface area contributed by atoms with Crippen molar-refractivity contribution in [1.29, 1.82) is 0 Å². The highest BCUT2D eigenvalue weighted by atomic mass is 16.3. The van der Waals surface area contributed by atoms with E-state index in [-0.39, 0.29) is 6.03 Å². The van der Waals surface area contributed by atoms with Crippen LogP contribution in [-0.4, -0.2) is 73.8 Å². The maximum atomic E-state index is 13.0. The molecule has 0 saturated carbocycles. The third kappa shape index (κ3) is 4.86. The maximum Gasteiger partial charge on any atom is 0.324 e. The molecule has 0 aromatic heterocycles. The average Bonchev–Trinajstić information content (AvgIpc) is 3.13. The van der Waals surface area contributed by atoms with Gasteiger partial charge < -0.3 is 19.8 Å². The molecule has 2 aliphatic heterocycles. The number of amides is 2. The van der Waals surface area contributed by atoms with E-state index >= 15 is 0 Å². The van der Waals surface area contributed by atoms with E-state index in [1.54, 1.807) is 13.8 Å². The molecule has 2 heterocycles. The summed E-state index contributed by atoms with van der Waals surface area (Å²) in [6, 6.07) is 16.3. The van der Waals surface area contributed by atoms with Crippen LogP contribution >= 0.6 is 0 Å². The molecule has 2 aliphatic rings. The van der Waals surface area contributed by atoms with Crippen LogP contribution in [0.15, 0.2) is 48.5 Å². The quantitative estimate of drug-likeness (QED) is 0.777. The van der Waals surface area contributed by atoms with E-state index in [2.05, 4.69) is 41.1 Å². The van der Waals surface area contributed by atoms with Crippen molar-refractivity contribution in [2.45, 2.75) is 25.9 Å². The Morgan fingerprint density at radius 3 is 2.26 bits per heavy atom. The molecule has 0 atom stereocenters. The van der Waals surface area contributed by atoms with Crippen molar-refractivity contribution in [3.63, 3.8) is 0 Å². The lowest BCUT2D eigenvalue weighted by Crippen LogP contribution is -2.44. The van der Waals surface area contributed by atoms with Gasteiger partial charge in [-0.2, -0.15) is 0 Å². The van der Waals surface area contributed by atoms with E-state index in [1.165, 1.54) is 11.3 Å². The zero-order chi connectivity index (χ0) is 22.0. The summed E-state index contributed by atoms with van der Waals surface area (Å²) in [4.78, 5) is 21.6. The van der Waals surface area contributed by atoms with Crippen molar-refractivity contribution < 1.29 is 9.90 Å². The first-order chi connectivity index (χ1) is 14.8. The van der Waals surface area contributed by atoms with Crippen LogP contribution in [0.2, 0.25) is 0 Å². The van der Waals surface area contributed by atoms with Crippen LogP contribution in [0.5, 0.6) is 0 Å². The highest BCUT2D eigenvalue weighted by molar-refractivity contribution is 5.94. The van der Waals surface area contributed by atoms with Crippen LogP contribution in [0.25, 0.3) is 0 Å². The van der Waals surface area contributed by atoms with Crippen molar-refractivity contribution in [2.75, 3.05) is 62.7 Å². The number of likely N-dealkylation sites (N-methyl/N-ethyl adjacent to an activating group) is 1. The Hall–Kier alpha value is -2.57. The van der Waals surface area contributed by atoms with Crippen LogP contribution in [0, 0.1) is 0 Å². The molecule has 0 aliphatic carbocycles. The van der Waals surface area contributed by atoms with Crippen molar-refractivity contribution >= 4 is 17.4 Å². The first-order valence-corrected chi connectivity index (χ1v) is 11.2. The number of para-hydroxylation sites is 1. The van der Waals surface area contributed by atoms with E-state index in [0.29, 0.717) is 6.54 Å². The minimum absolute atomic E-state index is 0.0630. The molecule has 166 valence electrons. The van der Waals surface area contributed by atoms with Crippen molar-refractivity contribution in [3.8, 4) is 0 Å². The Morgan fingerprint density at radius 1 is 0.903 bits per heavy atom. The fourth-order valence-corrected chi connectivity index (χ4v) is 4.41. The van der Waals surface area contributed by atoms with Crippen molar-refractivity contribution in [1.82, 2.24) is 9.80 Å². The number of nitrogens with zero attached hydrogens (tertiary/aromatic N) is 4. The fraction of sp³-hybridized carbons (Fsp3) is 0.480. The van der Waals surface area contributed by atoms with Gasteiger partial charge in [0, 0.05) is 57.2 Å². The average molecular weight is 423 g/mol. The summed E-state index contributed by atoms with van der Waals surface area (Å²) in [7, 11) is 2.17. The Balaban J connectivity index is 1.39. The summed E-state index contributed by atoms with van der Waals surface area (Å²) >= 11 is 0. The second-order valence-corrected chi connectivity index (χ2v) is 9.20. The summed E-state index contributed by atoms with van der Waals surface area (Å²) in [5, 5.41) is 10.2. The van der Waals surface area contributed by atoms with E-state index in [4.69, 9.17) is 0 Å². The second kappa shape index (κ2) is 8.89. The minimum atomic E-state index is -0.878. The van der Waals surface area contributed by atoms with Gasteiger partial charge in [-0.15, -0.1) is 0 Å². The topological polar surface area (TPSA) is 50.3 Å². The number of urea groups is 1. The van der Waals surface area contributed by atoms with Gasteiger partial charge in [0.25, 0.3) is 0 Å². The van der Waals surface area contributed by atoms with Gasteiger partial charge in [0.05, 0.1) is 5.60 Å². The summed E-state index contributed by atoms with van der Waals surface area (Å²) in [6.45, 7) is 9.95. The smallest absolute Gasteiger partial charge is 0.324 e. The number of aliphatic hydroxyl groups is 1. The molecular formula is C25H34N4O2. The largest absolute Gasteiger partial charge is 0.386 e. The van der Waals surface area contributed by atoms with Crippen LogP contribution in [-0.2, 0) is 12.0 Å². The molecule has 2 aromatic rings. The molecule has 4 rings (SSSR count). The predicted molar refractivity (Wildman–Crippen MR) is 126 cm³/mol. The van der Waals surface area contributed by atoms with Crippen LogP contribution in [0.1, 0.15) is 25.0 Å². The summed E-state index contributed by atoms with van der Waals surface area (Å²) in [5.74, 6) is 0. The Kier molecular flexibility index (Phi) is 6.21. The molecule has 6 nitrogen and oxygen atoms in total. The number of carbonyl (C=O) groups excluding carboxylic acids is 1. The minimum Gasteiger partial charge on any atom is -0.386 e. The van der Waals surface area contributed by atoms with Crippen LogP contribution < -0.4 is 9.80 Å². The number of rotatable bonds is 6. The highest BCUT2D eigenvalue weighted by Gasteiger charge is 2.30. The molecule has 2 amide bonds. The van der Waals surface area contributed by atoms with Gasteiger partial charge in [-0.1, -0.05) is 30.3 Å². The van der Waals surface area contributed by atoms with Crippen molar-refractivity contribution in [3.05, 3.63) is 59.7 Å². The van der Waals surface area contributed by atoms with Gasteiger partial charge in [-0.3, -0.25) is 4.90 Å². The van der Waals surface area contributed by atoms with Gasteiger partial charge in [0.1, 0.15) is 0 Å². The van der Waals surface area contributed by atoms with E-state index in [9.17, 15) is 9.90 Å². The van der Waals surface area contributed by atoms with E-state index < -0.39 is 5.60 Å². The standard InChI is InChI=1S/C25H34N4O2/c1-25(2,31)21-8-10-22(11-9-21)29-19-18-28(24(29)30)13-12-20-6-4-5-7-23(20)27-16-14-26(3)15-17-27/h4-11,31H,12-19H2,1-3H3. The van der Waals surface area contributed by atoms with Gasteiger partial charge in [-0.25, -0.2) is 4.79 Å². The third-order valence-corrected chi connectivity index (χ3v) is 6.47. The maximum absolute atomic E-state index is 13.0. The molecule has 31 heavy (non-hydrogen) atoms. The SMILES string of the molecule is CN1CCN(c2ccccc2CCN2CCN(c3ccc(C(C)(C)O)cc3)C2=O)CC1. The molecule has 0 spiro atoms. The monoisotopic (exact) mass is 422 g/mol. The molecule has 6 heteroatoms. The number of benzene rings is 2. The fourth-order valence-electron chi connectivity index (χ4n) is 4.41. The molecule has 2 fully saturated rings. The van der Waals surface area contributed by atoms with Crippen LogP contribution in [0.4, 0.5) is 16.2 Å². The Morgan fingerprint density at radius 2 is 1.58 bits per heavy atom. The van der Waals surface area contributed by atoms with E-state index in [1.807, 2.05) is 34.1 Å². The van der Waals surface area contributed by atoms with Crippen molar-refractivity contribution in [2.24, 2.45) is 0 Å². The van der Waals surface area contributed by atoms with E-state index in [0.717, 1.165) is 56.9 Å². The lowest BCUT2D eigenvalue weighted by Gasteiger charge is -2.35. The highest BCUT2D eigenvalue weighted by Crippen LogP contribution is 2.27. The zero-order valence-electron chi connectivity index (χ0n) is 18.9. The van der Waals surface area contributed by atoms with Gasteiger partial charge in [-0.05, 0) is 56.6 Å². The lowest BCUT2D eigenvalue weighted by atomic mass is 9.98. The van der Waals surface area contributed by atoms with Gasteiger partial charge in [0.2, 0.25) is 0 Å². The first-order valence-electron chi connectivity index (χ1n) is 11.2. The number of anilines is 2. The lowest BCUT2D eigenvalue weighted by molar-refractivity contribution is 0.0786. The number of hydrogen-bond donors (Lipinski definition) is 1. The van der Waals surface area contributed by atoms with Gasteiger partial charge >= 0.3 is 6.03 Å². The predicted octanol–water partition coefficient (Wildman–Crippen LogP) is 3.15. The Labute approximate surface area is 185 Å². The molecule has 2 aromatic carbocycles. The first kappa shape index (κ1) is 21.7. The van der Waals surface area contributed by atoms with Crippen LogP contribution in [0.3, 0.4) is 0 Å². The number of hydrogen-bond acceptors (Lipinski definition) is 4. The molecule has 0 bridgehead atoms. The Bertz CT molecular complexity index is 898. The normalized spacial score (nSPS) is 18.2. The molecular weight excluding hydrogens is 388 g/mol. The third-order valence-electron chi connectivity index (χ3n) is 6.47. The number of carbonyl (C=O) groups is 1. The molecule has 0 radical (unpaired) electrons. The second-order valence-electron chi connectivity index (χ2n) is 9.20. The molecule has 0 unspecified atom stereocenters. The summed E-state index contributed by atoms with van der Waals surface area (Å²) < 4.78 is 0. The summed E-state index contributed by atoms with van der Waals surface area (Å²) in [5.41, 5.74) is 3.48. The van der Waals surface area contributed by atoms with Gasteiger partial charge in [0.15, 0.2) is 0 Å². The molecule has 2 saturated heterocycles. The summed E-state index contributed by atoms with van der Waals surface area (Å²) in [6.07, 6.45) is 0.861. The zero-order valence-corrected chi connectivity index (χ0v) is 18.9. The number of piperazine rings is 1. The molecule has 1 N–H and O–H groups in total.